The Kier molecular flexibility index (Phi) is 7.14. The zero-order valence-corrected chi connectivity index (χ0v) is 19.9. The summed E-state index contributed by atoms with van der Waals surface area (Å²) in [5.41, 5.74) is 2.29. The lowest BCUT2D eigenvalue weighted by atomic mass is 9.84. The first-order valence-electron chi connectivity index (χ1n) is 9.56. The van der Waals surface area contributed by atoms with Crippen molar-refractivity contribution in [1.82, 2.24) is 4.98 Å². The molecule has 1 aliphatic rings. The molecule has 0 fully saturated rings. The second kappa shape index (κ2) is 9.47. The average molecular weight is 476 g/mol. The zero-order chi connectivity index (χ0) is 22.6. The van der Waals surface area contributed by atoms with Gasteiger partial charge in [-0.05, 0) is 55.3 Å². The summed E-state index contributed by atoms with van der Waals surface area (Å²) in [6.45, 7) is 2.15. The van der Waals surface area contributed by atoms with Crippen molar-refractivity contribution in [2.75, 3.05) is 12.6 Å². The highest BCUT2D eigenvalue weighted by Crippen LogP contribution is 2.43. The van der Waals surface area contributed by atoms with E-state index in [1.165, 1.54) is 24.8 Å². The predicted molar refractivity (Wildman–Crippen MR) is 128 cm³/mol. The van der Waals surface area contributed by atoms with Crippen molar-refractivity contribution in [3.05, 3.63) is 83.7 Å². The number of hydrogen-bond acceptors (Lipinski definition) is 4. The molecule has 7 heteroatoms. The van der Waals surface area contributed by atoms with Gasteiger partial charge in [0.2, 0.25) is 0 Å². The smallest absolute Gasteiger partial charge is 0.175 e. The Labute approximate surface area is 191 Å². The van der Waals surface area contributed by atoms with Gasteiger partial charge in [-0.25, -0.2) is 17.8 Å². The molecular formula is C24H23ClFNO2S2. The van der Waals surface area contributed by atoms with Crippen molar-refractivity contribution in [1.29, 1.82) is 0 Å². The van der Waals surface area contributed by atoms with Crippen LogP contribution in [0.4, 0.5) is 4.39 Å². The first-order valence-corrected chi connectivity index (χ1v) is 13.0. The number of hydrogen-bond donors (Lipinski definition) is 0. The number of rotatable bonds is 4. The average Bonchev–Trinajstić information content (AvgIpc) is 3.22. The lowest BCUT2D eigenvalue weighted by Crippen LogP contribution is -2.18. The maximum absolute atomic E-state index is 13.4. The second-order valence-corrected chi connectivity index (χ2v) is 10.4. The minimum absolute atomic E-state index is 0.209. The number of sulfone groups is 1. The summed E-state index contributed by atoms with van der Waals surface area (Å²) in [5.74, 6) is -0.296. The van der Waals surface area contributed by atoms with E-state index in [1.807, 2.05) is 12.2 Å². The number of aromatic nitrogens is 1. The summed E-state index contributed by atoms with van der Waals surface area (Å²) < 4.78 is 37.0. The van der Waals surface area contributed by atoms with Gasteiger partial charge in [0, 0.05) is 23.6 Å². The minimum Gasteiger partial charge on any atom is -0.240 e. The quantitative estimate of drug-likeness (QED) is 0.397. The highest BCUT2D eigenvalue weighted by Gasteiger charge is 2.29. The van der Waals surface area contributed by atoms with Crippen LogP contribution in [-0.4, -0.2) is 26.0 Å². The van der Waals surface area contributed by atoms with E-state index in [9.17, 15) is 12.8 Å². The molecule has 1 unspecified atom stereocenters. The van der Waals surface area contributed by atoms with Crippen LogP contribution >= 0.6 is 22.9 Å². The molecule has 1 aliphatic carbocycles. The van der Waals surface area contributed by atoms with Gasteiger partial charge in [0.25, 0.3) is 0 Å². The normalized spacial score (nSPS) is 17.8. The van der Waals surface area contributed by atoms with Crippen LogP contribution in [0.5, 0.6) is 0 Å². The highest BCUT2D eigenvalue weighted by molar-refractivity contribution is 7.90. The van der Waals surface area contributed by atoms with Crippen LogP contribution in [0.1, 0.15) is 18.4 Å². The molecule has 0 spiro atoms. The van der Waals surface area contributed by atoms with E-state index >= 15 is 0 Å². The molecular weight excluding hydrogens is 453 g/mol. The number of benzene rings is 2. The summed E-state index contributed by atoms with van der Waals surface area (Å²) >= 11 is 6.23. The number of nitrogens with zero attached hydrogens (tertiary/aromatic N) is 1. The largest absolute Gasteiger partial charge is 0.240 e. The van der Waals surface area contributed by atoms with E-state index in [-0.39, 0.29) is 16.1 Å². The van der Waals surface area contributed by atoms with Gasteiger partial charge in [0.15, 0.2) is 9.84 Å². The van der Waals surface area contributed by atoms with Crippen molar-refractivity contribution in [2.24, 2.45) is 0 Å². The molecule has 0 saturated carbocycles. The van der Waals surface area contributed by atoms with E-state index in [2.05, 4.69) is 30.7 Å². The third kappa shape index (κ3) is 5.14. The molecule has 31 heavy (non-hydrogen) atoms. The fourth-order valence-electron chi connectivity index (χ4n) is 3.30. The number of alkyl halides is 1. The van der Waals surface area contributed by atoms with Crippen LogP contribution in [0.3, 0.4) is 0 Å². The molecule has 4 rings (SSSR count). The standard InChI is InChI=1S/C23H20FNO2S2.CH3Cl/c1-23(14-4-3-5-15-23)22-25-20(16-6-10-18(24)11-7-16)21(28-22)17-8-12-19(13-9-17)29(2,26)27;1-2/h3-14H,15H2,1-2H3;1H3. The minimum atomic E-state index is -3.26. The van der Waals surface area contributed by atoms with Gasteiger partial charge in [-0.15, -0.1) is 22.9 Å². The van der Waals surface area contributed by atoms with Crippen molar-refractivity contribution in [2.45, 2.75) is 23.7 Å². The van der Waals surface area contributed by atoms with Crippen LogP contribution in [0, 0.1) is 5.82 Å². The summed E-state index contributed by atoms with van der Waals surface area (Å²) in [5, 5.41) is 0.972. The molecule has 3 nitrogen and oxygen atoms in total. The molecule has 0 bridgehead atoms. The van der Waals surface area contributed by atoms with E-state index < -0.39 is 9.84 Å². The zero-order valence-electron chi connectivity index (χ0n) is 17.5. The molecule has 162 valence electrons. The van der Waals surface area contributed by atoms with Crippen molar-refractivity contribution >= 4 is 32.8 Å². The lowest BCUT2D eigenvalue weighted by molar-refractivity contribution is 0.595. The van der Waals surface area contributed by atoms with Crippen LogP contribution in [0.25, 0.3) is 21.7 Å². The maximum atomic E-state index is 13.4. The van der Waals surface area contributed by atoms with E-state index in [4.69, 9.17) is 4.98 Å². The third-order valence-electron chi connectivity index (χ3n) is 5.03. The SMILES string of the molecule is CC1(c2nc(-c3ccc(F)cc3)c(-c3ccc(S(C)(=O)=O)cc3)s2)C=CC=CC1.CCl. The third-order valence-corrected chi connectivity index (χ3v) is 7.54. The molecule has 1 atom stereocenters. The van der Waals surface area contributed by atoms with Gasteiger partial charge in [-0.1, -0.05) is 36.4 Å². The summed E-state index contributed by atoms with van der Waals surface area (Å²) in [6, 6.07) is 13.1. The van der Waals surface area contributed by atoms with Crippen molar-refractivity contribution < 1.29 is 12.8 Å². The van der Waals surface area contributed by atoms with E-state index in [0.717, 1.165) is 33.1 Å². The number of halogens is 2. The number of thiazole rings is 1. The number of allylic oxidation sites excluding steroid dienone is 4. The lowest BCUT2D eigenvalue weighted by Gasteiger charge is -2.23. The predicted octanol–water partition coefficient (Wildman–Crippen LogP) is 6.65. The molecule has 0 N–H and O–H groups in total. The van der Waals surface area contributed by atoms with Crippen molar-refractivity contribution in [3.63, 3.8) is 0 Å². The van der Waals surface area contributed by atoms with E-state index in [0.29, 0.717) is 0 Å². The van der Waals surface area contributed by atoms with Crippen LogP contribution in [0.15, 0.2) is 77.7 Å². The maximum Gasteiger partial charge on any atom is 0.175 e. The fourth-order valence-corrected chi connectivity index (χ4v) is 5.16. The highest BCUT2D eigenvalue weighted by atomic mass is 35.5. The first kappa shape index (κ1) is 23.4. The monoisotopic (exact) mass is 475 g/mol. The topological polar surface area (TPSA) is 47.0 Å². The molecule has 0 saturated heterocycles. The molecule has 2 aromatic carbocycles. The van der Waals surface area contributed by atoms with Gasteiger partial charge < -0.3 is 0 Å². The summed E-state index contributed by atoms with van der Waals surface area (Å²) in [6.07, 6.45) is 11.9. The Morgan fingerprint density at radius 3 is 2.16 bits per heavy atom. The van der Waals surface area contributed by atoms with Crippen molar-refractivity contribution in [3.8, 4) is 21.7 Å². The van der Waals surface area contributed by atoms with Gasteiger partial charge in [-0.3, -0.25) is 0 Å². The fraction of sp³-hybridized carbons (Fsp3) is 0.208. The van der Waals surface area contributed by atoms with Crippen LogP contribution in [-0.2, 0) is 15.3 Å². The summed E-state index contributed by atoms with van der Waals surface area (Å²) in [7, 11) is -3.26. The van der Waals surface area contributed by atoms with Crippen LogP contribution < -0.4 is 0 Å². The Balaban J connectivity index is 0.00000132. The van der Waals surface area contributed by atoms with Gasteiger partial charge in [0.05, 0.1) is 15.5 Å². The molecule has 0 amide bonds. The summed E-state index contributed by atoms with van der Waals surface area (Å²) in [4.78, 5) is 6.17. The van der Waals surface area contributed by atoms with Gasteiger partial charge >= 0.3 is 0 Å². The Bertz CT molecular complexity index is 1210. The molecule has 3 aromatic rings. The van der Waals surface area contributed by atoms with E-state index in [1.54, 1.807) is 47.7 Å². The van der Waals surface area contributed by atoms with Crippen LogP contribution in [0.2, 0.25) is 0 Å². The van der Waals surface area contributed by atoms with Gasteiger partial charge in [0.1, 0.15) is 10.8 Å². The Morgan fingerprint density at radius 2 is 1.61 bits per heavy atom. The molecule has 1 heterocycles. The second-order valence-electron chi connectivity index (χ2n) is 7.41. The Hall–Kier alpha value is -2.28. The van der Waals surface area contributed by atoms with Gasteiger partial charge in [-0.2, -0.15) is 0 Å². The first-order chi connectivity index (χ1) is 14.8. The Morgan fingerprint density at radius 1 is 1.00 bits per heavy atom. The molecule has 1 aromatic heterocycles. The molecule has 0 radical (unpaired) electrons. The molecule has 0 aliphatic heterocycles.